The maximum Gasteiger partial charge on any atom is 0.241 e. The van der Waals surface area contributed by atoms with Gasteiger partial charge in [-0.05, 0) is 57.1 Å². The standard InChI is InChI=1S/C15H25N3O/c1-4-10-18(11-5-2)12(3)15(19)17-14-8-6-13(16)7-9-14/h6-9,12H,4-5,10-11,16H2,1-3H3,(H,17,19). The predicted octanol–water partition coefficient (Wildman–Crippen LogP) is 2.72. The lowest BCUT2D eigenvalue weighted by Gasteiger charge is -2.27. The molecular formula is C15H25N3O. The lowest BCUT2D eigenvalue weighted by atomic mass is 10.2. The first-order chi connectivity index (χ1) is 9.08. The molecule has 1 atom stereocenters. The van der Waals surface area contributed by atoms with Crippen molar-refractivity contribution in [3.63, 3.8) is 0 Å². The number of hydrogen-bond donors (Lipinski definition) is 2. The van der Waals surface area contributed by atoms with Crippen LogP contribution in [-0.2, 0) is 4.79 Å². The van der Waals surface area contributed by atoms with Crippen LogP contribution >= 0.6 is 0 Å². The average molecular weight is 263 g/mol. The van der Waals surface area contributed by atoms with E-state index in [2.05, 4.69) is 24.1 Å². The molecule has 1 aromatic rings. The Morgan fingerprint density at radius 2 is 1.74 bits per heavy atom. The molecule has 1 amide bonds. The molecular weight excluding hydrogens is 238 g/mol. The highest BCUT2D eigenvalue weighted by Gasteiger charge is 2.19. The van der Waals surface area contributed by atoms with E-state index in [0.29, 0.717) is 5.69 Å². The number of rotatable bonds is 7. The van der Waals surface area contributed by atoms with Crippen LogP contribution in [0.1, 0.15) is 33.6 Å². The van der Waals surface area contributed by atoms with E-state index in [-0.39, 0.29) is 11.9 Å². The molecule has 106 valence electrons. The molecule has 1 rings (SSSR count). The number of nitrogen functional groups attached to an aromatic ring is 1. The minimum atomic E-state index is -0.113. The maximum atomic E-state index is 12.2. The van der Waals surface area contributed by atoms with Crippen LogP contribution in [0.15, 0.2) is 24.3 Å². The Labute approximate surface area is 116 Å². The van der Waals surface area contributed by atoms with Gasteiger partial charge in [-0.2, -0.15) is 0 Å². The third-order valence-electron chi connectivity index (χ3n) is 3.13. The SMILES string of the molecule is CCCN(CCC)C(C)C(=O)Nc1ccc(N)cc1. The smallest absolute Gasteiger partial charge is 0.241 e. The van der Waals surface area contributed by atoms with Crippen LogP contribution in [0.5, 0.6) is 0 Å². The molecule has 4 heteroatoms. The fourth-order valence-electron chi connectivity index (χ4n) is 2.05. The summed E-state index contributed by atoms with van der Waals surface area (Å²) in [6.07, 6.45) is 2.11. The molecule has 19 heavy (non-hydrogen) atoms. The van der Waals surface area contributed by atoms with E-state index < -0.39 is 0 Å². The predicted molar refractivity (Wildman–Crippen MR) is 81.1 cm³/mol. The van der Waals surface area contributed by atoms with Crippen LogP contribution in [0.3, 0.4) is 0 Å². The van der Waals surface area contributed by atoms with Crippen LogP contribution in [0.25, 0.3) is 0 Å². The minimum Gasteiger partial charge on any atom is -0.399 e. The maximum absolute atomic E-state index is 12.2. The van der Waals surface area contributed by atoms with Crippen molar-refractivity contribution in [1.29, 1.82) is 0 Å². The molecule has 0 aromatic heterocycles. The van der Waals surface area contributed by atoms with Gasteiger partial charge in [-0.1, -0.05) is 13.8 Å². The Balaban J connectivity index is 2.62. The van der Waals surface area contributed by atoms with Crippen molar-refractivity contribution in [3.8, 4) is 0 Å². The first-order valence-electron chi connectivity index (χ1n) is 6.99. The van der Waals surface area contributed by atoms with Gasteiger partial charge >= 0.3 is 0 Å². The normalized spacial score (nSPS) is 12.4. The molecule has 0 heterocycles. The molecule has 3 N–H and O–H groups in total. The van der Waals surface area contributed by atoms with Gasteiger partial charge in [0, 0.05) is 11.4 Å². The van der Waals surface area contributed by atoms with Gasteiger partial charge in [-0.15, -0.1) is 0 Å². The van der Waals surface area contributed by atoms with Gasteiger partial charge in [-0.3, -0.25) is 9.69 Å². The summed E-state index contributed by atoms with van der Waals surface area (Å²) >= 11 is 0. The third-order valence-corrected chi connectivity index (χ3v) is 3.13. The molecule has 0 bridgehead atoms. The first-order valence-corrected chi connectivity index (χ1v) is 6.99. The Morgan fingerprint density at radius 3 is 2.21 bits per heavy atom. The minimum absolute atomic E-state index is 0.0340. The average Bonchev–Trinajstić information content (AvgIpc) is 2.40. The molecule has 0 saturated heterocycles. The zero-order chi connectivity index (χ0) is 14.3. The first kappa shape index (κ1) is 15.5. The zero-order valence-electron chi connectivity index (χ0n) is 12.1. The molecule has 1 unspecified atom stereocenters. The molecule has 1 aromatic carbocycles. The number of carbonyl (C=O) groups excluding carboxylic acids is 1. The van der Waals surface area contributed by atoms with E-state index in [0.717, 1.165) is 31.6 Å². The van der Waals surface area contributed by atoms with Gasteiger partial charge < -0.3 is 11.1 Å². The van der Waals surface area contributed by atoms with Crippen molar-refractivity contribution in [2.75, 3.05) is 24.1 Å². The highest BCUT2D eigenvalue weighted by atomic mass is 16.2. The number of benzene rings is 1. The summed E-state index contributed by atoms with van der Waals surface area (Å²) in [6.45, 7) is 8.12. The Kier molecular flexibility index (Phi) is 6.36. The van der Waals surface area contributed by atoms with Crippen LogP contribution < -0.4 is 11.1 Å². The topological polar surface area (TPSA) is 58.4 Å². The van der Waals surface area contributed by atoms with E-state index in [4.69, 9.17) is 5.73 Å². The second-order valence-corrected chi connectivity index (χ2v) is 4.82. The van der Waals surface area contributed by atoms with Crippen LogP contribution in [0, 0.1) is 0 Å². The number of carbonyl (C=O) groups is 1. The Bertz CT molecular complexity index is 383. The van der Waals surface area contributed by atoms with Crippen molar-refractivity contribution in [2.24, 2.45) is 0 Å². The lowest BCUT2D eigenvalue weighted by molar-refractivity contribution is -0.120. The lowest BCUT2D eigenvalue weighted by Crippen LogP contribution is -2.42. The third kappa shape index (κ3) is 4.91. The zero-order valence-corrected chi connectivity index (χ0v) is 12.1. The number of anilines is 2. The largest absolute Gasteiger partial charge is 0.399 e. The van der Waals surface area contributed by atoms with Crippen molar-refractivity contribution in [3.05, 3.63) is 24.3 Å². The molecule has 0 saturated carbocycles. The van der Waals surface area contributed by atoms with Gasteiger partial charge in [0.2, 0.25) is 5.91 Å². The number of nitrogens with two attached hydrogens (primary N) is 1. The van der Waals surface area contributed by atoms with Gasteiger partial charge in [0.05, 0.1) is 6.04 Å². The van der Waals surface area contributed by atoms with E-state index in [1.54, 1.807) is 12.1 Å². The second kappa shape index (κ2) is 7.79. The summed E-state index contributed by atoms with van der Waals surface area (Å²) in [5.41, 5.74) is 7.11. The molecule has 0 spiro atoms. The summed E-state index contributed by atoms with van der Waals surface area (Å²) in [5, 5.41) is 2.93. The van der Waals surface area contributed by atoms with Crippen molar-refractivity contribution >= 4 is 17.3 Å². The monoisotopic (exact) mass is 263 g/mol. The van der Waals surface area contributed by atoms with E-state index in [1.807, 2.05) is 19.1 Å². The quantitative estimate of drug-likeness (QED) is 0.744. The number of hydrogen-bond acceptors (Lipinski definition) is 3. The fourth-order valence-corrected chi connectivity index (χ4v) is 2.05. The number of nitrogens with one attached hydrogen (secondary N) is 1. The number of amides is 1. The van der Waals surface area contributed by atoms with Gasteiger partial charge in [0.15, 0.2) is 0 Å². The fraction of sp³-hybridized carbons (Fsp3) is 0.533. The van der Waals surface area contributed by atoms with E-state index in [1.165, 1.54) is 0 Å². The van der Waals surface area contributed by atoms with Gasteiger partial charge in [-0.25, -0.2) is 0 Å². The van der Waals surface area contributed by atoms with Gasteiger partial charge in [0.1, 0.15) is 0 Å². The second-order valence-electron chi connectivity index (χ2n) is 4.82. The van der Waals surface area contributed by atoms with E-state index in [9.17, 15) is 4.79 Å². The molecule has 4 nitrogen and oxygen atoms in total. The molecule has 0 fully saturated rings. The Morgan fingerprint density at radius 1 is 1.21 bits per heavy atom. The summed E-state index contributed by atoms with van der Waals surface area (Å²) in [4.78, 5) is 14.4. The summed E-state index contributed by atoms with van der Waals surface area (Å²) in [5.74, 6) is 0.0340. The summed E-state index contributed by atoms with van der Waals surface area (Å²) < 4.78 is 0. The highest BCUT2D eigenvalue weighted by Crippen LogP contribution is 2.12. The number of nitrogens with zero attached hydrogens (tertiary/aromatic N) is 1. The highest BCUT2D eigenvalue weighted by molar-refractivity contribution is 5.94. The summed E-state index contributed by atoms with van der Waals surface area (Å²) in [6, 6.07) is 7.11. The molecule has 0 aliphatic heterocycles. The van der Waals surface area contributed by atoms with E-state index >= 15 is 0 Å². The van der Waals surface area contributed by atoms with Crippen LogP contribution in [0.2, 0.25) is 0 Å². The molecule has 0 radical (unpaired) electrons. The summed E-state index contributed by atoms with van der Waals surface area (Å²) in [7, 11) is 0. The van der Waals surface area contributed by atoms with Crippen LogP contribution in [0.4, 0.5) is 11.4 Å². The molecule has 0 aliphatic rings. The van der Waals surface area contributed by atoms with Gasteiger partial charge in [0.25, 0.3) is 0 Å². The van der Waals surface area contributed by atoms with Crippen LogP contribution in [-0.4, -0.2) is 29.9 Å². The van der Waals surface area contributed by atoms with Crippen molar-refractivity contribution in [2.45, 2.75) is 39.7 Å². The van der Waals surface area contributed by atoms with Crippen molar-refractivity contribution in [1.82, 2.24) is 4.90 Å². The molecule has 0 aliphatic carbocycles. The Hall–Kier alpha value is -1.55. The van der Waals surface area contributed by atoms with Crippen molar-refractivity contribution < 1.29 is 4.79 Å².